The van der Waals surface area contributed by atoms with Gasteiger partial charge < -0.3 is 18.6 Å². The van der Waals surface area contributed by atoms with E-state index in [4.69, 9.17) is 25.7 Å². The van der Waals surface area contributed by atoms with Gasteiger partial charge in [-0.05, 0) is 48.0 Å². The molecule has 0 radical (unpaired) electrons. The highest BCUT2D eigenvalue weighted by Gasteiger charge is 2.29. The molecule has 8 nitrogen and oxygen atoms in total. The van der Waals surface area contributed by atoms with Gasteiger partial charge in [-0.3, -0.25) is 14.7 Å². The van der Waals surface area contributed by atoms with Crippen LogP contribution in [0.3, 0.4) is 0 Å². The summed E-state index contributed by atoms with van der Waals surface area (Å²) in [6.07, 6.45) is 4.85. The summed E-state index contributed by atoms with van der Waals surface area (Å²) in [6.45, 7) is 3.27. The Morgan fingerprint density at radius 1 is 1.05 bits per heavy atom. The fourth-order valence-electron chi connectivity index (χ4n) is 5.10. The Morgan fingerprint density at radius 2 is 1.87 bits per heavy atom. The van der Waals surface area contributed by atoms with Crippen molar-refractivity contribution in [1.29, 1.82) is 0 Å². The van der Waals surface area contributed by atoms with Gasteiger partial charge in [-0.15, -0.1) is 0 Å². The molecule has 39 heavy (non-hydrogen) atoms. The van der Waals surface area contributed by atoms with Crippen molar-refractivity contribution < 1.29 is 13.9 Å². The Labute approximate surface area is 231 Å². The van der Waals surface area contributed by atoms with Crippen LogP contribution >= 0.6 is 11.6 Å². The lowest BCUT2D eigenvalue weighted by atomic mass is 10.1. The van der Waals surface area contributed by atoms with Gasteiger partial charge in [-0.1, -0.05) is 29.8 Å². The number of aromatic nitrogens is 3. The third kappa shape index (κ3) is 5.13. The fraction of sp³-hybridized carbons (Fsp3) is 0.233. The Morgan fingerprint density at radius 3 is 2.62 bits per heavy atom. The van der Waals surface area contributed by atoms with Crippen molar-refractivity contribution in [3.63, 3.8) is 0 Å². The van der Waals surface area contributed by atoms with Crippen molar-refractivity contribution in [2.75, 3.05) is 36.1 Å². The second kappa shape index (κ2) is 10.9. The largest absolute Gasteiger partial charge is 0.440 e. The minimum absolute atomic E-state index is 0.419. The number of amides is 1. The van der Waals surface area contributed by atoms with Crippen LogP contribution in [0.5, 0.6) is 0 Å². The molecule has 198 valence electrons. The molecule has 0 saturated carbocycles. The van der Waals surface area contributed by atoms with Gasteiger partial charge in [-0.25, -0.2) is 4.98 Å². The minimum atomic E-state index is -0.459. The molecular formula is C30H28ClN5O3. The molecule has 0 aliphatic carbocycles. The van der Waals surface area contributed by atoms with Crippen LogP contribution in [-0.4, -0.2) is 47.2 Å². The van der Waals surface area contributed by atoms with E-state index in [9.17, 15) is 4.79 Å². The van der Waals surface area contributed by atoms with Gasteiger partial charge in [0.2, 0.25) is 12.3 Å². The number of furan rings is 1. The van der Waals surface area contributed by atoms with E-state index >= 15 is 0 Å². The van der Waals surface area contributed by atoms with Gasteiger partial charge in [-0.2, -0.15) is 0 Å². The summed E-state index contributed by atoms with van der Waals surface area (Å²) in [5.74, 6) is 1.14. The van der Waals surface area contributed by atoms with E-state index in [1.807, 2.05) is 48.1 Å². The molecular weight excluding hydrogens is 514 g/mol. The van der Waals surface area contributed by atoms with Crippen molar-refractivity contribution in [2.45, 2.75) is 12.5 Å². The SMILES string of the molecule is Cn1c(-c2ccc(N3CCOCC3)cc2)cnc1[C@H](Cc1ccccn1)N(C=O)c1cc2cc(Cl)ccc2o1. The Kier molecular flexibility index (Phi) is 7.04. The number of benzene rings is 2. The molecule has 1 saturated heterocycles. The lowest BCUT2D eigenvalue weighted by Gasteiger charge is -2.29. The molecule has 0 unspecified atom stereocenters. The van der Waals surface area contributed by atoms with Crippen LogP contribution in [0.4, 0.5) is 11.6 Å². The first kappa shape index (κ1) is 25.2. The average molecular weight is 542 g/mol. The summed E-state index contributed by atoms with van der Waals surface area (Å²) in [5, 5.41) is 1.42. The number of carbonyl (C=O) groups is 1. The third-order valence-corrected chi connectivity index (χ3v) is 7.39. The van der Waals surface area contributed by atoms with E-state index in [2.05, 4.69) is 34.1 Å². The van der Waals surface area contributed by atoms with Crippen molar-refractivity contribution in [1.82, 2.24) is 14.5 Å². The summed E-state index contributed by atoms with van der Waals surface area (Å²) in [6, 6.07) is 21.0. The van der Waals surface area contributed by atoms with Gasteiger partial charge in [0.05, 0.1) is 25.1 Å². The summed E-state index contributed by atoms with van der Waals surface area (Å²) in [4.78, 5) is 25.8. The lowest BCUT2D eigenvalue weighted by Crippen LogP contribution is -2.36. The smallest absolute Gasteiger partial charge is 0.217 e. The van der Waals surface area contributed by atoms with Crippen molar-refractivity contribution in [3.8, 4) is 11.3 Å². The molecule has 6 rings (SSSR count). The maximum atomic E-state index is 12.6. The van der Waals surface area contributed by atoms with E-state index in [1.54, 1.807) is 23.2 Å². The minimum Gasteiger partial charge on any atom is -0.440 e. The number of nitrogens with zero attached hydrogens (tertiary/aromatic N) is 5. The lowest BCUT2D eigenvalue weighted by molar-refractivity contribution is -0.108. The molecule has 1 amide bonds. The third-order valence-electron chi connectivity index (χ3n) is 7.16. The number of morpholine rings is 1. The van der Waals surface area contributed by atoms with Crippen LogP contribution < -0.4 is 9.80 Å². The molecule has 2 aromatic carbocycles. The van der Waals surface area contributed by atoms with Gasteiger partial charge in [0.25, 0.3) is 0 Å². The zero-order chi connectivity index (χ0) is 26.8. The first-order valence-electron chi connectivity index (χ1n) is 12.9. The van der Waals surface area contributed by atoms with Crippen molar-refractivity contribution >= 4 is 40.6 Å². The number of hydrogen-bond donors (Lipinski definition) is 0. The Bertz CT molecular complexity index is 1580. The first-order chi connectivity index (χ1) is 19.1. The fourth-order valence-corrected chi connectivity index (χ4v) is 5.28. The number of fused-ring (bicyclic) bond motifs is 1. The number of halogens is 1. The molecule has 0 spiro atoms. The Hall–Kier alpha value is -4.14. The van der Waals surface area contributed by atoms with Crippen LogP contribution in [0.25, 0.3) is 22.2 Å². The maximum Gasteiger partial charge on any atom is 0.217 e. The second-order valence-electron chi connectivity index (χ2n) is 9.53. The monoisotopic (exact) mass is 541 g/mol. The molecule has 1 aliphatic rings. The molecule has 1 aliphatic heterocycles. The quantitative estimate of drug-likeness (QED) is 0.236. The van der Waals surface area contributed by atoms with Crippen LogP contribution in [0.2, 0.25) is 5.02 Å². The number of anilines is 2. The Balaban J connectivity index is 1.36. The second-order valence-corrected chi connectivity index (χ2v) is 9.96. The maximum absolute atomic E-state index is 12.6. The number of ether oxygens (including phenoxy) is 1. The van der Waals surface area contributed by atoms with Crippen LogP contribution in [0.15, 0.2) is 83.5 Å². The summed E-state index contributed by atoms with van der Waals surface area (Å²) in [5.41, 5.74) is 4.66. The predicted molar refractivity (Wildman–Crippen MR) is 152 cm³/mol. The zero-order valence-electron chi connectivity index (χ0n) is 21.5. The van der Waals surface area contributed by atoms with E-state index in [1.165, 1.54) is 5.69 Å². The topological polar surface area (TPSA) is 76.6 Å². The highest BCUT2D eigenvalue weighted by atomic mass is 35.5. The number of carbonyl (C=O) groups excluding carboxylic acids is 1. The van der Waals surface area contributed by atoms with Gasteiger partial charge in [0.15, 0.2) is 0 Å². The van der Waals surface area contributed by atoms with Gasteiger partial charge in [0, 0.05) is 60.6 Å². The van der Waals surface area contributed by atoms with E-state index in [-0.39, 0.29) is 0 Å². The predicted octanol–water partition coefficient (Wildman–Crippen LogP) is 5.67. The average Bonchev–Trinajstić information content (AvgIpc) is 3.57. The normalized spacial score (nSPS) is 14.5. The van der Waals surface area contributed by atoms with Gasteiger partial charge >= 0.3 is 0 Å². The first-order valence-corrected chi connectivity index (χ1v) is 13.3. The molecule has 0 N–H and O–H groups in total. The molecule has 5 aromatic rings. The van der Waals surface area contributed by atoms with Crippen LogP contribution in [0, 0.1) is 0 Å². The summed E-state index contributed by atoms with van der Waals surface area (Å²) < 4.78 is 13.6. The molecule has 3 aromatic heterocycles. The molecule has 1 fully saturated rings. The van der Waals surface area contributed by atoms with E-state index in [0.29, 0.717) is 22.9 Å². The number of hydrogen-bond acceptors (Lipinski definition) is 6. The standard InChI is InChI=1S/C30H28ClN5O3/c1-34-27(21-5-8-25(9-6-21)35-12-14-38-15-13-35)19-33-30(34)26(18-24-4-2-3-11-32-24)36(20-37)29-17-22-16-23(31)7-10-28(22)39-29/h2-11,16-17,19-20,26H,12-15,18H2,1H3/t26-/m0/s1. The van der Waals surface area contributed by atoms with Gasteiger partial charge in [0.1, 0.15) is 17.4 Å². The summed E-state index contributed by atoms with van der Waals surface area (Å²) >= 11 is 6.19. The van der Waals surface area contributed by atoms with E-state index < -0.39 is 6.04 Å². The molecule has 9 heteroatoms. The number of imidazole rings is 1. The zero-order valence-corrected chi connectivity index (χ0v) is 22.3. The highest BCUT2D eigenvalue weighted by molar-refractivity contribution is 6.31. The van der Waals surface area contributed by atoms with Crippen molar-refractivity contribution in [2.24, 2.45) is 7.05 Å². The molecule has 1 atom stereocenters. The highest BCUT2D eigenvalue weighted by Crippen LogP contribution is 2.35. The number of pyridine rings is 1. The van der Waals surface area contributed by atoms with Crippen LogP contribution in [0.1, 0.15) is 17.6 Å². The van der Waals surface area contributed by atoms with Crippen LogP contribution in [-0.2, 0) is 23.0 Å². The molecule has 4 heterocycles. The molecule has 0 bridgehead atoms. The number of rotatable bonds is 8. The van der Waals surface area contributed by atoms with Crippen molar-refractivity contribution in [3.05, 3.63) is 95.7 Å². The summed E-state index contributed by atoms with van der Waals surface area (Å²) in [7, 11) is 1.97. The van der Waals surface area contributed by atoms with E-state index in [0.717, 1.165) is 60.9 Å².